The third-order valence-electron chi connectivity index (χ3n) is 3.01. The summed E-state index contributed by atoms with van der Waals surface area (Å²) in [5.74, 6) is 1.81. The van der Waals surface area contributed by atoms with Crippen LogP contribution in [0.15, 0.2) is 54.6 Å². The Morgan fingerprint density at radius 3 is 2.58 bits per heavy atom. The van der Waals surface area contributed by atoms with E-state index in [-0.39, 0.29) is 11.9 Å². The summed E-state index contributed by atoms with van der Waals surface area (Å²) in [4.78, 5) is 13.0. The van der Waals surface area contributed by atoms with Crippen LogP contribution < -0.4 is 5.73 Å². The second-order valence-corrected chi connectivity index (χ2v) is 4.40. The molecule has 4 heteroatoms. The van der Waals surface area contributed by atoms with E-state index in [1.807, 2.05) is 42.5 Å². The molecule has 0 amide bonds. The summed E-state index contributed by atoms with van der Waals surface area (Å²) >= 11 is 0. The van der Waals surface area contributed by atoms with Crippen LogP contribution in [0.25, 0.3) is 11.4 Å². The number of benzene rings is 1. The average molecular weight is 250 g/mol. The Morgan fingerprint density at radius 2 is 1.84 bits per heavy atom. The third-order valence-corrected chi connectivity index (χ3v) is 3.01. The predicted octanol–water partition coefficient (Wildman–Crippen LogP) is 2.72. The number of nitrogen functional groups attached to an aromatic ring is 1. The molecule has 2 N–H and O–H groups in total. The molecule has 1 atom stereocenters. The van der Waals surface area contributed by atoms with E-state index in [0.29, 0.717) is 5.82 Å². The van der Waals surface area contributed by atoms with E-state index in [1.165, 1.54) is 0 Å². The normalized spacial score (nSPS) is 17.6. The van der Waals surface area contributed by atoms with Crippen molar-refractivity contribution in [3.63, 3.8) is 0 Å². The van der Waals surface area contributed by atoms with Crippen LogP contribution in [0.3, 0.4) is 0 Å². The largest absolute Gasteiger partial charge is 0.368 e. The molecule has 0 radical (unpaired) electrons. The second-order valence-electron chi connectivity index (χ2n) is 4.40. The number of anilines is 1. The summed E-state index contributed by atoms with van der Waals surface area (Å²) in [6.07, 6.45) is 9.13. The fraction of sp³-hybridized carbons (Fsp3) is 0.133. The molecule has 19 heavy (non-hydrogen) atoms. The number of rotatable bonds is 2. The van der Waals surface area contributed by atoms with Gasteiger partial charge in [-0.2, -0.15) is 9.97 Å². The summed E-state index contributed by atoms with van der Waals surface area (Å²) in [5, 5.41) is 0. The Bertz CT molecular complexity index is 632. The zero-order valence-electron chi connectivity index (χ0n) is 10.4. The lowest BCUT2D eigenvalue weighted by molar-refractivity contribution is 0.765. The highest BCUT2D eigenvalue weighted by molar-refractivity contribution is 5.55. The van der Waals surface area contributed by atoms with Gasteiger partial charge >= 0.3 is 0 Å². The predicted molar refractivity (Wildman–Crippen MR) is 75.3 cm³/mol. The van der Waals surface area contributed by atoms with Gasteiger partial charge in [-0.25, -0.2) is 4.98 Å². The summed E-state index contributed by atoms with van der Waals surface area (Å²) in [6, 6.07) is 9.81. The molecule has 2 aromatic rings. The van der Waals surface area contributed by atoms with Gasteiger partial charge in [-0.05, 0) is 6.42 Å². The molecule has 1 heterocycles. The molecule has 0 fully saturated rings. The molecule has 1 aromatic carbocycles. The smallest absolute Gasteiger partial charge is 0.223 e. The first-order valence-electron chi connectivity index (χ1n) is 6.23. The molecule has 0 aliphatic heterocycles. The maximum Gasteiger partial charge on any atom is 0.223 e. The Hall–Kier alpha value is -2.49. The quantitative estimate of drug-likeness (QED) is 0.890. The van der Waals surface area contributed by atoms with Crippen molar-refractivity contribution in [2.24, 2.45) is 0 Å². The zero-order chi connectivity index (χ0) is 13.1. The van der Waals surface area contributed by atoms with Crippen LogP contribution in [-0.4, -0.2) is 15.0 Å². The zero-order valence-corrected chi connectivity index (χ0v) is 10.4. The first kappa shape index (κ1) is 11.6. The minimum atomic E-state index is 0.178. The lowest BCUT2D eigenvalue weighted by Crippen LogP contribution is -2.08. The van der Waals surface area contributed by atoms with Crippen molar-refractivity contribution >= 4 is 5.95 Å². The number of aromatic nitrogens is 3. The first-order chi connectivity index (χ1) is 9.33. The fourth-order valence-electron chi connectivity index (χ4n) is 2.06. The summed E-state index contributed by atoms with van der Waals surface area (Å²) < 4.78 is 0. The molecule has 0 bridgehead atoms. The third kappa shape index (κ3) is 2.52. The van der Waals surface area contributed by atoms with E-state index in [9.17, 15) is 0 Å². The van der Waals surface area contributed by atoms with Gasteiger partial charge in [-0.3, -0.25) is 0 Å². The van der Waals surface area contributed by atoms with Crippen molar-refractivity contribution in [1.29, 1.82) is 0 Å². The van der Waals surface area contributed by atoms with Crippen molar-refractivity contribution in [2.45, 2.75) is 12.3 Å². The van der Waals surface area contributed by atoms with Gasteiger partial charge in [0, 0.05) is 11.5 Å². The van der Waals surface area contributed by atoms with Gasteiger partial charge in [-0.15, -0.1) is 0 Å². The van der Waals surface area contributed by atoms with Crippen molar-refractivity contribution in [1.82, 2.24) is 15.0 Å². The van der Waals surface area contributed by atoms with E-state index in [0.717, 1.165) is 17.8 Å². The fourth-order valence-corrected chi connectivity index (χ4v) is 2.06. The maximum atomic E-state index is 5.80. The molecule has 0 saturated heterocycles. The Balaban J connectivity index is 2.01. The topological polar surface area (TPSA) is 64.7 Å². The van der Waals surface area contributed by atoms with E-state index in [1.54, 1.807) is 0 Å². The van der Waals surface area contributed by atoms with Crippen LogP contribution in [0, 0.1) is 0 Å². The Kier molecular flexibility index (Phi) is 3.06. The number of allylic oxidation sites excluding steroid dienone is 4. The summed E-state index contributed by atoms with van der Waals surface area (Å²) in [6.45, 7) is 0. The van der Waals surface area contributed by atoms with Crippen LogP contribution in [0.1, 0.15) is 18.2 Å². The van der Waals surface area contributed by atoms with Crippen LogP contribution in [-0.2, 0) is 0 Å². The van der Waals surface area contributed by atoms with Crippen molar-refractivity contribution < 1.29 is 0 Å². The summed E-state index contributed by atoms with van der Waals surface area (Å²) in [5.41, 5.74) is 6.75. The lowest BCUT2D eigenvalue weighted by atomic mass is 10.00. The highest BCUT2D eigenvalue weighted by Crippen LogP contribution is 2.24. The standard InChI is InChI=1S/C15H14N4/c16-15-18-13(11-7-3-1-4-8-11)17-14(19-15)12-9-5-2-6-10-12/h1-9,12H,10H2,(H2,16,17,18,19). The summed E-state index contributed by atoms with van der Waals surface area (Å²) in [7, 11) is 0. The number of nitrogens with two attached hydrogens (primary N) is 1. The first-order valence-corrected chi connectivity index (χ1v) is 6.23. The van der Waals surface area contributed by atoms with Gasteiger partial charge in [0.05, 0.1) is 0 Å². The van der Waals surface area contributed by atoms with Gasteiger partial charge in [0.25, 0.3) is 0 Å². The molecule has 1 aliphatic rings. The SMILES string of the molecule is Nc1nc(-c2ccccc2)nc(C2C=CC=CC2)n1. The van der Waals surface area contributed by atoms with Crippen molar-refractivity contribution in [2.75, 3.05) is 5.73 Å². The Labute approximate surface area is 111 Å². The monoisotopic (exact) mass is 250 g/mol. The van der Waals surface area contributed by atoms with Crippen LogP contribution in [0.5, 0.6) is 0 Å². The van der Waals surface area contributed by atoms with E-state index >= 15 is 0 Å². The van der Waals surface area contributed by atoms with Crippen LogP contribution in [0.2, 0.25) is 0 Å². The lowest BCUT2D eigenvalue weighted by Gasteiger charge is -2.12. The molecule has 0 saturated carbocycles. The molecule has 3 rings (SSSR count). The molecule has 1 unspecified atom stereocenters. The number of hydrogen-bond donors (Lipinski definition) is 1. The van der Waals surface area contributed by atoms with Crippen LogP contribution >= 0.6 is 0 Å². The van der Waals surface area contributed by atoms with Gasteiger partial charge < -0.3 is 5.73 Å². The average Bonchev–Trinajstić information content (AvgIpc) is 2.48. The molecule has 1 aromatic heterocycles. The van der Waals surface area contributed by atoms with Gasteiger partial charge in [-0.1, -0.05) is 54.6 Å². The van der Waals surface area contributed by atoms with Gasteiger partial charge in [0.2, 0.25) is 5.95 Å². The number of nitrogens with zero attached hydrogens (tertiary/aromatic N) is 3. The van der Waals surface area contributed by atoms with E-state index in [2.05, 4.69) is 27.1 Å². The van der Waals surface area contributed by atoms with E-state index < -0.39 is 0 Å². The minimum Gasteiger partial charge on any atom is -0.368 e. The van der Waals surface area contributed by atoms with E-state index in [4.69, 9.17) is 5.73 Å². The highest BCUT2D eigenvalue weighted by atomic mass is 15.1. The molecule has 1 aliphatic carbocycles. The van der Waals surface area contributed by atoms with Gasteiger partial charge in [0.15, 0.2) is 5.82 Å². The molecular weight excluding hydrogens is 236 g/mol. The van der Waals surface area contributed by atoms with Crippen molar-refractivity contribution in [3.05, 3.63) is 60.5 Å². The second kappa shape index (κ2) is 5.02. The van der Waals surface area contributed by atoms with Crippen molar-refractivity contribution in [3.8, 4) is 11.4 Å². The molecule has 0 spiro atoms. The Morgan fingerprint density at radius 1 is 1.00 bits per heavy atom. The molecule has 94 valence electrons. The minimum absolute atomic E-state index is 0.178. The highest BCUT2D eigenvalue weighted by Gasteiger charge is 2.14. The molecule has 4 nitrogen and oxygen atoms in total. The van der Waals surface area contributed by atoms with Crippen LogP contribution in [0.4, 0.5) is 5.95 Å². The van der Waals surface area contributed by atoms with Gasteiger partial charge in [0.1, 0.15) is 5.82 Å². The maximum absolute atomic E-state index is 5.80. The molecular formula is C15H14N4. The number of hydrogen-bond acceptors (Lipinski definition) is 4.